The average Bonchev–Trinajstić information content (AvgIpc) is 2.20. The number of nitrogens with two attached hydrogens (primary N) is 4. The fourth-order valence-corrected chi connectivity index (χ4v) is 1.32. The van der Waals surface area contributed by atoms with Crippen LogP contribution in [0, 0.1) is 13.8 Å². The molecular weight excluding hydrogens is 204 g/mol. The predicted molar refractivity (Wildman–Crippen MR) is 68.1 cm³/mol. The van der Waals surface area contributed by atoms with E-state index in [1.807, 2.05) is 13.8 Å². The van der Waals surface area contributed by atoms with Crippen LogP contribution < -0.4 is 22.9 Å². The quantitative estimate of drug-likeness (QED) is 0.243. The Bertz CT molecular complexity index is 431. The summed E-state index contributed by atoms with van der Waals surface area (Å²) in [5, 5.41) is 7.27. The molecule has 16 heavy (non-hydrogen) atoms. The van der Waals surface area contributed by atoms with Crippen LogP contribution in [0.4, 0.5) is 11.4 Å². The predicted octanol–water partition coefficient (Wildman–Crippen LogP) is 0.0751. The molecule has 0 aliphatic carbocycles. The van der Waals surface area contributed by atoms with Crippen molar-refractivity contribution in [2.75, 3.05) is 11.5 Å². The van der Waals surface area contributed by atoms with Gasteiger partial charge < -0.3 is 22.9 Å². The first-order valence-electron chi connectivity index (χ1n) is 4.70. The minimum Gasteiger partial charge on any atom is -0.398 e. The Hall–Kier alpha value is -2.24. The standard InChI is InChI=1S/C10H16N6/c1-5-7(4-15-16-10(13)14)6(2)9(12)3-8(5)11/h3-4H,11-12H2,1-2H3,(H4,13,14,16)/b15-4+. The number of hydrogen-bond donors (Lipinski definition) is 4. The van der Waals surface area contributed by atoms with Crippen molar-refractivity contribution in [1.82, 2.24) is 0 Å². The van der Waals surface area contributed by atoms with Gasteiger partial charge in [-0.05, 0) is 31.0 Å². The van der Waals surface area contributed by atoms with Gasteiger partial charge in [-0.2, -0.15) is 5.10 Å². The molecule has 0 aliphatic heterocycles. The summed E-state index contributed by atoms with van der Waals surface area (Å²) >= 11 is 0. The second kappa shape index (κ2) is 4.52. The summed E-state index contributed by atoms with van der Waals surface area (Å²) in [5.41, 5.74) is 25.8. The molecule has 0 fully saturated rings. The Morgan fingerprint density at radius 1 is 1.12 bits per heavy atom. The molecule has 8 N–H and O–H groups in total. The molecule has 0 spiro atoms. The van der Waals surface area contributed by atoms with Crippen LogP contribution in [-0.2, 0) is 0 Å². The fourth-order valence-electron chi connectivity index (χ4n) is 1.32. The Labute approximate surface area is 94.0 Å². The van der Waals surface area contributed by atoms with Gasteiger partial charge in [0.25, 0.3) is 0 Å². The van der Waals surface area contributed by atoms with E-state index in [0.29, 0.717) is 11.4 Å². The molecule has 1 aromatic carbocycles. The third-order valence-corrected chi connectivity index (χ3v) is 2.35. The van der Waals surface area contributed by atoms with E-state index in [1.54, 1.807) is 6.07 Å². The summed E-state index contributed by atoms with van der Waals surface area (Å²) in [7, 11) is 0. The smallest absolute Gasteiger partial charge is 0.211 e. The fraction of sp³-hybridized carbons (Fsp3) is 0.200. The zero-order valence-electron chi connectivity index (χ0n) is 9.36. The summed E-state index contributed by atoms with van der Waals surface area (Å²) < 4.78 is 0. The Balaban J connectivity index is 3.23. The number of rotatable bonds is 2. The highest BCUT2D eigenvalue weighted by atomic mass is 15.3. The van der Waals surface area contributed by atoms with Gasteiger partial charge in [0, 0.05) is 16.9 Å². The van der Waals surface area contributed by atoms with Crippen molar-refractivity contribution < 1.29 is 0 Å². The van der Waals surface area contributed by atoms with Crippen molar-refractivity contribution in [1.29, 1.82) is 0 Å². The summed E-state index contributed by atoms with van der Waals surface area (Å²) in [6, 6.07) is 1.72. The third kappa shape index (κ3) is 2.41. The summed E-state index contributed by atoms with van der Waals surface area (Å²) in [4.78, 5) is 0. The third-order valence-electron chi connectivity index (χ3n) is 2.35. The van der Waals surface area contributed by atoms with Gasteiger partial charge in [0.05, 0.1) is 6.21 Å². The number of nitrogen functional groups attached to an aromatic ring is 2. The van der Waals surface area contributed by atoms with Gasteiger partial charge in [-0.15, -0.1) is 5.10 Å². The molecule has 1 aromatic rings. The van der Waals surface area contributed by atoms with E-state index in [0.717, 1.165) is 16.7 Å². The van der Waals surface area contributed by atoms with Crippen molar-refractivity contribution in [2.45, 2.75) is 13.8 Å². The highest BCUT2D eigenvalue weighted by Crippen LogP contribution is 2.24. The van der Waals surface area contributed by atoms with E-state index in [-0.39, 0.29) is 5.96 Å². The lowest BCUT2D eigenvalue weighted by atomic mass is 10.0. The normalized spacial score (nSPS) is 10.6. The van der Waals surface area contributed by atoms with E-state index in [2.05, 4.69) is 10.2 Å². The first kappa shape index (κ1) is 11.8. The minimum absolute atomic E-state index is 0.0940. The highest BCUT2D eigenvalue weighted by Gasteiger charge is 2.07. The molecule has 0 unspecified atom stereocenters. The SMILES string of the molecule is Cc1c(N)cc(N)c(C)c1/C=N/N=C(N)N. The zero-order chi connectivity index (χ0) is 12.3. The van der Waals surface area contributed by atoms with Crippen LogP contribution in [0.1, 0.15) is 16.7 Å². The van der Waals surface area contributed by atoms with Crippen molar-refractivity contribution in [2.24, 2.45) is 21.7 Å². The molecule has 6 nitrogen and oxygen atoms in total. The van der Waals surface area contributed by atoms with E-state index in [4.69, 9.17) is 22.9 Å². The first-order chi connectivity index (χ1) is 7.43. The van der Waals surface area contributed by atoms with E-state index < -0.39 is 0 Å². The second-order valence-corrected chi connectivity index (χ2v) is 3.49. The molecule has 6 heteroatoms. The lowest BCUT2D eigenvalue weighted by Crippen LogP contribution is -2.21. The molecular formula is C10H16N6. The van der Waals surface area contributed by atoms with Crippen molar-refractivity contribution in [3.8, 4) is 0 Å². The monoisotopic (exact) mass is 220 g/mol. The molecule has 0 atom stereocenters. The lowest BCUT2D eigenvalue weighted by molar-refractivity contribution is 1.21. The first-order valence-corrected chi connectivity index (χ1v) is 4.70. The zero-order valence-corrected chi connectivity index (χ0v) is 9.36. The largest absolute Gasteiger partial charge is 0.398 e. The number of benzene rings is 1. The minimum atomic E-state index is -0.0940. The Kier molecular flexibility index (Phi) is 3.34. The topological polar surface area (TPSA) is 129 Å². The second-order valence-electron chi connectivity index (χ2n) is 3.49. The van der Waals surface area contributed by atoms with Crippen LogP contribution in [0.2, 0.25) is 0 Å². The van der Waals surface area contributed by atoms with Crippen LogP contribution >= 0.6 is 0 Å². The molecule has 86 valence electrons. The van der Waals surface area contributed by atoms with Crippen molar-refractivity contribution in [3.05, 3.63) is 22.8 Å². The van der Waals surface area contributed by atoms with Gasteiger partial charge in [-0.25, -0.2) is 0 Å². The van der Waals surface area contributed by atoms with Gasteiger partial charge in [0.2, 0.25) is 5.96 Å². The molecule has 0 aromatic heterocycles. The molecule has 0 saturated heterocycles. The molecule has 0 amide bonds. The number of guanidine groups is 1. The molecule has 1 rings (SSSR count). The van der Waals surface area contributed by atoms with Gasteiger partial charge in [-0.1, -0.05) is 0 Å². The van der Waals surface area contributed by atoms with Gasteiger partial charge in [-0.3, -0.25) is 0 Å². The van der Waals surface area contributed by atoms with E-state index in [1.165, 1.54) is 6.21 Å². The number of anilines is 2. The molecule has 0 bridgehead atoms. The molecule has 0 radical (unpaired) electrons. The summed E-state index contributed by atoms with van der Waals surface area (Å²) in [5.74, 6) is -0.0940. The van der Waals surface area contributed by atoms with Gasteiger partial charge in [0.15, 0.2) is 0 Å². The van der Waals surface area contributed by atoms with Crippen molar-refractivity contribution in [3.63, 3.8) is 0 Å². The van der Waals surface area contributed by atoms with E-state index >= 15 is 0 Å². The molecule has 0 heterocycles. The number of hydrogen-bond acceptors (Lipinski definition) is 4. The molecule has 0 aliphatic rings. The van der Waals surface area contributed by atoms with Crippen LogP contribution in [0.25, 0.3) is 0 Å². The Morgan fingerprint density at radius 3 is 2.06 bits per heavy atom. The van der Waals surface area contributed by atoms with Crippen molar-refractivity contribution >= 4 is 23.5 Å². The van der Waals surface area contributed by atoms with Crippen LogP contribution in [-0.4, -0.2) is 12.2 Å². The van der Waals surface area contributed by atoms with E-state index in [9.17, 15) is 0 Å². The Morgan fingerprint density at radius 2 is 1.62 bits per heavy atom. The van der Waals surface area contributed by atoms with Crippen LogP contribution in [0.15, 0.2) is 16.3 Å². The summed E-state index contributed by atoms with van der Waals surface area (Å²) in [6.07, 6.45) is 1.54. The maximum Gasteiger partial charge on any atom is 0.211 e. The summed E-state index contributed by atoms with van der Waals surface area (Å²) in [6.45, 7) is 3.78. The van der Waals surface area contributed by atoms with Gasteiger partial charge >= 0.3 is 0 Å². The highest BCUT2D eigenvalue weighted by molar-refractivity contribution is 5.89. The molecule has 0 saturated carbocycles. The van der Waals surface area contributed by atoms with Gasteiger partial charge in [0.1, 0.15) is 0 Å². The maximum absolute atomic E-state index is 5.80. The van der Waals surface area contributed by atoms with Crippen LogP contribution in [0.5, 0.6) is 0 Å². The van der Waals surface area contributed by atoms with Crippen LogP contribution in [0.3, 0.4) is 0 Å². The lowest BCUT2D eigenvalue weighted by Gasteiger charge is -2.10. The number of nitrogens with zero attached hydrogens (tertiary/aromatic N) is 2. The average molecular weight is 220 g/mol. The maximum atomic E-state index is 5.80.